The van der Waals surface area contributed by atoms with Gasteiger partial charge in [0.2, 0.25) is 0 Å². The van der Waals surface area contributed by atoms with Crippen molar-refractivity contribution in [1.82, 2.24) is 4.90 Å². The number of aromatic hydroxyl groups is 1. The van der Waals surface area contributed by atoms with E-state index < -0.39 is 0 Å². The Hall–Kier alpha value is -1.26. The molecule has 0 bridgehead atoms. The quantitative estimate of drug-likeness (QED) is 0.846. The van der Waals surface area contributed by atoms with E-state index in [1.807, 2.05) is 6.07 Å². The SMILES string of the molecule is CC(C)N1CCC(C(CO)COc2cccc(O)c2)CC1. The molecule has 2 rings (SSSR count). The Balaban J connectivity index is 1.83. The summed E-state index contributed by atoms with van der Waals surface area (Å²) < 4.78 is 5.73. The lowest BCUT2D eigenvalue weighted by molar-refractivity contribution is 0.0648. The summed E-state index contributed by atoms with van der Waals surface area (Å²) in [4.78, 5) is 2.49. The van der Waals surface area contributed by atoms with E-state index in [0.29, 0.717) is 24.3 Å². The lowest BCUT2D eigenvalue weighted by Gasteiger charge is -2.37. The van der Waals surface area contributed by atoms with Crippen molar-refractivity contribution in [2.24, 2.45) is 11.8 Å². The second-order valence-electron chi connectivity index (χ2n) is 6.22. The molecule has 1 heterocycles. The number of phenolic OH excluding ortho intramolecular Hbond substituents is 1. The summed E-state index contributed by atoms with van der Waals surface area (Å²) in [6.45, 7) is 7.33. The molecule has 4 nitrogen and oxygen atoms in total. The Morgan fingerprint density at radius 1 is 1.29 bits per heavy atom. The van der Waals surface area contributed by atoms with E-state index in [1.54, 1.807) is 18.2 Å². The van der Waals surface area contributed by atoms with E-state index >= 15 is 0 Å². The molecular formula is C17H27NO3. The van der Waals surface area contributed by atoms with Crippen LogP contribution in [0.1, 0.15) is 26.7 Å². The number of likely N-dealkylation sites (tertiary alicyclic amines) is 1. The highest BCUT2D eigenvalue weighted by Crippen LogP contribution is 2.27. The molecule has 1 aromatic carbocycles. The molecule has 0 radical (unpaired) electrons. The van der Waals surface area contributed by atoms with Crippen molar-refractivity contribution in [1.29, 1.82) is 0 Å². The Kier molecular flexibility index (Phi) is 5.88. The fraction of sp³-hybridized carbons (Fsp3) is 0.647. The zero-order chi connectivity index (χ0) is 15.2. The Bertz CT molecular complexity index is 428. The van der Waals surface area contributed by atoms with Gasteiger partial charge in [-0.3, -0.25) is 0 Å². The summed E-state index contributed by atoms with van der Waals surface area (Å²) in [6, 6.07) is 7.42. The van der Waals surface area contributed by atoms with Gasteiger partial charge in [-0.25, -0.2) is 0 Å². The highest BCUT2D eigenvalue weighted by Gasteiger charge is 2.27. The van der Waals surface area contributed by atoms with Crippen LogP contribution in [-0.2, 0) is 0 Å². The number of aliphatic hydroxyl groups is 1. The summed E-state index contributed by atoms with van der Waals surface area (Å²) in [5.74, 6) is 1.55. The number of piperidine rings is 1. The minimum Gasteiger partial charge on any atom is -0.508 e. The van der Waals surface area contributed by atoms with Gasteiger partial charge in [0.25, 0.3) is 0 Å². The first-order valence-electron chi connectivity index (χ1n) is 7.87. The summed E-state index contributed by atoms with van der Waals surface area (Å²) >= 11 is 0. The standard InChI is InChI=1S/C17H27NO3/c1-13(2)18-8-6-14(7-9-18)15(11-19)12-21-17-5-3-4-16(20)10-17/h3-5,10,13-15,19-20H,6-9,11-12H2,1-2H3. The molecule has 1 saturated heterocycles. The smallest absolute Gasteiger partial charge is 0.122 e. The van der Waals surface area contributed by atoms with E-state index in [9.17, 15) is 10.2 Å². The number of rotatable bonds is 6. The molecule has 0 aliphatic carbocycles. The van der Waals surface area contributed by atoms with E-state index in [0.717, 1.165) is 25.9 Å². The molecule has 2 N–H and O–H groups in total. The first kappa shape index (κ1) is 16.1. The van der Waals surface area contributed by atoms with Crippen LogP contribution in [-0.4, -0.2) is 47.5 Å². The van der Waals surface area contributed by atoms with E-state index in [2.05, 4.69) is 18.7 Å². The third-order valence-electron chi connectivity index (χ3n) is 4.49. The van der Waals surface area contributed by atoms with Gasteiger partial charge in [-0.15, -0.1) is 0 Å². The lowest BCUT2D eigenvalue weighted by atomic mass is 9.85. The topological polar surface area (TPSA) is 52.9 Å². The molecule has 0 saturated carbocycles. The van der Waals surface area contributed by atoms with Gasteiger partial charge < -0.3 is 19.8 Å². The van der Waals surface area contributed by atoms with E-state index in [-0.39, 0.29) is 18.3 Å². The predicted molar refractivity (Wildman–Crippen MR) is 83.6 cm³/mol. The van der Waals surface area contributed by atoms with Crippen molar-refractivity contribution in [3.8, 4) is 11.5 Å². The van der Waals surface area contributed by atoms with Crippen molar-refractivity contribution in [2.75, 3.05) is 26.3 Å². The summed E-state index contributed by atoms with van der Waals surface area (Å²) in [7, 11) is 0. The zero-order valence-electron chi connectivity index (χ0n) is 13.0. The molecule has 118 valence electrons. The monoisotopic (exact) mass is 293 g/mol. The summed E-state index contributed by atoms with van der Waals surface area (Å²) in [5, 5.41) is 19.1. The molecule has 0 amide bonds. The summed E-state index contributed by atoms with van der Waals surface area (Å²) in [6.07, 6.45) is 2.24. The molecule has 1 aromatic rings. The number of aliphatic hydroxyl groups excluding tert-OH is 1. The van der Waals surface area contributed by atoms with Crippen LogP contribution in [0, 0.1) is 11.8 Å². The van der Waals surface area contributed by atoms with Gasteiger partial charge in [0, 0.05) is 24.6 Å². The molecule has 1 atom stereocenters. The normalized spacial score (nSPS) is 18.9. The number of benzene rings is 1. The third kappa shape index (κ3) is 4.61. The van der Waals surface area contributed by atoms with Gasteiger partial charge >= 0.3 is 0 Å². The average Bonchev–Trinajstić information content (AvgIpc) is 2.48. The minimum absolute atomic E-state index is 0.158. The largest absolute Gasteiger partial charge is 0.508 e. The number of phenols is 1. The van der Waals surface area contributed by atoms with E-state index in [1.165, 1.54) is 0 Å². The maximum atomic E-state index is 9.64. The first-order chi connectivity index (χ1) is 10.1. The number of hydrogen-bond acceptors (Lipinski definition) is 4. The van der Waals surface area contributed by atoms with Crippen LogP contribution in [0.25, 0.3) is 0 Å². The molecule has 0 spiro atoms. The highest BCUT2D eigenvalue weighted by atomic mass is 16.5. The first-order valence-corrected chi connectivity index (χ1v) is 7.87. The number of nitrogens with zero attached hydrogens (tertiary/aromatic N) is 1. The van der Waals surface area contributed by atoms with Crippen molar-refractivity contribution < 1.29 is 14.9 Å². The number of hydrogen-bond donors (Lipinski definition) is 2. The Morgan fingerprint density at radius 3 is 2.57 bits per heavy atom. The molecule has 1 aliphatic heterocycles. The van der Waals surface area contributed by atoms with Gasteiger partial charge in [0.05, 0.1) is 6.61 Å². The van der Waals surface area contributed by atoms with Crippen LogP contribution in [0.15, 0.2) is 24.3 Å². The molecule has 4 heteroatoms. The average molecular weight is 293 g/mol. The van der Waals surface area contributed by atoms with Crippen molar-refractivity contribution in [2.45, 2.75) is 32.7 Å². The fourth-order valence-corrected chi connectivity index (χ4v) is 3.02. The molecule has 0 aromatic heterocycles. The van der Waals surface area contributed by atoms with Crippen LogP contribution in [0.5, 0.6) is 11.5 Å². The van der Waals surface area contributed by atoms with Crippen LogP contribution >= 0.6 is 0 Å². The van der Waals surface area contributed by atoms with Crippen LogP contribution in [0.3, 0.4) is 0 Å². The highest BCUT2D eigenvalue weighted by molar-refractivity contribution is 5.31. The van der Waals surface area contributed by atoms with Crippen molar-refractivity contribution in [3.05, 3.63) is 24.3 Å². The second kappa shape index (κ2) is 7.66. The minimum atomic E-state index is 0.158. The van der Waals surface area contributed by atoms with Gasteiger partial charge in [-0.05, 0) is 57.8 Å². The maximum absolute atomic E-state index is 9.64. The van der Waals surface area contributed by atoms with E-state index in [4.69, 9.17) is 4.74 Å². The number of ether oxygens (including phenoxy) is 1. The second-order valence-corrected chi connectivity index (χ2v) is 6.22. The Morgan fingerprint density at radius 2 is 2.00 bits per heavy atom. The Labute approximate surface area is 127 Å². The van der Waals surface area contributed by atoms with Gasteiger partial charge in [-0.2, -0.15) is 0 Å². The lowest BCUT2D eigenvalue weighted by Crippen LogP contribution is -2.41. The third-order valence-corrected chi connectivity index (χ3v) is 4.49. The van der Waals surface area contributed by atoms with Gasteiger partial charge in [0.1, 0.15) is 11.5 Å². The molecular weight excluding hydrogens is 266 g/mol. The fourth-order valence-electron chi connectivity index (χ4n) is 3.02. The zero-order valence-corrected chi connectivity index (χ0v) is 13.0. The predicted octanol–water partition coefficient (Wildman–Crippen LogP) is 2.50. The van der Waals surface area contributed by atoms with Gasteiger partial charge in [0.15, 0.2) is 0 Å². The maximum Gasteiger partial charge on any atom is 0.122 e. The van der Waals surface area contributed by atoms with Crippen LogP contribution in [0.2, 0.25) is 0 Å². The summed E-state index contributed by atoms with van der Waals surface area (Å²) in [5.41, 5.74) is 0. The van der Waals surface area contributed by atoms with Gasteiger partial charge in [-0.1, -0.05) is 6.07 Å². The van der Waals surface area contributed by atoms with Crippen molar-refractivity contribution >= 4 is 0 Å². The molecule has 1 fully saturated rings. The van der Waals surface area contributed by atoms with Crippen molar-refractivity contribution in [3.63, 3.8) is 0 Å². The van der Waals surface area contributed by atoms with Crippen LogP contribution < -0.4 is 4.74 Å². The molecule has 1 aliphatic rings. The molecule has 1 unspecified atom stereocenters. The molecule has 21 heavy (non-hydrogen) atoms. The van der Waals surface area contributed by atoms with Crippen LogP contribution in [0.4, 0.5) is 0 Å².